The van der Waals surface area contributed by atoms with Gasteiger partial charge in [0, 0.05) is 22.3 Å². The molecule has 3 N–H and O–H groups in total. The van der Waals surface area contributed by atoms with Crippen LogP contribution in [0.4, 0.5) is 0 Å². The highest BCUT2D eigenvalue weighted by molar-refractivity contribution is 6.24. The first-order valence-electron chi connectivity index (χ1n) is 12.3. The molecular weight excluding hydrogens is 428 g/mol. The molecule has 190 valence electrons. The SMILES string of the molecule is CC1=C(C)C(=O)C(CC[C@](C)(O)CC/C=C(\C)CC/C=C(\C)CCC=C(CO)CO)=C(C)C1=O. The van der Waals surface area contributed by atoms with Gasteiger partial charge in [-0.3, -0.25) is 9.59 Å². The Morgan fingerprint density at radius 2 is 1.26 bits per heavy atom. The number of hydrogen-bond donors (Lipinski definition) is 3. The van der Waals surface area contributed by atoms with Crippen molar-refractivity contribution in [1.82, 2.24) is 0 Å². The van der Waals surface area contributed by atoms with Gasteiger partial charge in [-0.25, -0.2) is 0 Å². The number of Topliss-reactive ketones (excluding diaryl/α,β-unsaturated/α-hetero) is 2. The lowest BCUT2D eigenvalue weighted by molar-refractivity contribution is -0.116. The third-order valence-electron chi connectivity index (χ3n) is 6.81. The van der Waals surface area contributed by atoms with E-state index in [1.54, 1.807) is 27.7 Å². The standard InChI is InChI=1S/C29H44O5/c1-20(12-8-14-25(18-30)19-31)10-7-11-21(2)13-9-16-29(6,34)17-15-26-24(5)27(32)22(3)23(4)28(26)33/h10,13-14,30-31,34H,7-9,11-12,15-19H2,1-6H3/b20-10+,21-13+/t29-/m1/s1. The summed E-state index contributed by atoms with van der Waals surface area (Å²) in [6.07, 6.45) is 12.2. The maximum absolute atomic E-state index is 12.6. The van der Waals surface area contributed by atoms with E-state index in [1.165, 1.54) is 11.1 Å². The maximum Gasteiger partial charge on any atom is 0.185 e. The van der Waals surface area contributed by atoms with Crippen LogP contribution < -0.4 is 0 Å². The van der Waals surface area contributed by atoms with Crippen LogP contribution in [-0.4, -0.2) is 45.7 Å². The van der Waals surface area contributed by atoms with Gasteiger partial charge in [0.2, 0.25) is 0 Å². The van der Waals surface area contributed by atoms with Gasteiger partial charge in [-0.2, -0.15) is 0 Å². The molecule has 0 aromatic rings. The molecule has 5 heteroatoms. The van der Waals surface area contributed by atoms with E-state index >= 15 is 0 Å². The number of hydrogen-bond acceptors (Lipinski definition) is 5. The Kier molecular flexibility index (Phi) is 12.6. The summed E-state index contributed by atoms with van der Waals surface area (Å²) in [5.74, 6) is -0.131. The molecule has 0 unspecified atom stereocenters. The first-order chi connectivity index (χ1) is 15.9. The zero-order chi connectivity index (χ0) is 25.9. The minimum Gasteiger partial charge on any atom is -0.392 e. The Labute approximate surface area is 205 Å². The molecule has 0 aromatic heterocycles. The molecule has 0 saturated heterocycles. The highest BCUT2D eigenvalue weighted by atomic mass is 16.3. The molecule has 1 rings (SSSR count). The van der Waals surface area contributed by atoms with Gasteiger partial charge in [0.15, 0.2) is 11.6 Å². The highest BCUT2D eigenvalue weighted by Gasteiger charge is 2.29. The number of carbonyl (C=O) groups excluding carboxylic acids is 2. The summed E-state index contributed by atoms with van der Waals surface area (Å²) in [6.45, 7) is 10.9. The molecule has 0 radical (unpaired) electrons. The first kappa shape index (κ1) is 30.0. The Morgan fingerprint density at radius 1 is 0.765 bits per heavy atom. The van der Waals surface area contributed by atoms with Crippen molar-refractivity contribution in [3.8, 4) is 0 Å². The lowest BCUT2D eigenvalue weighted by Gasteiger charge is -2.25. The van der Waals surface area contributed by atoms with Gasteiger partial charge in [0.25, 0.3) is 0 Å². The number of carbonyl (C=O) groups is 2. The molecule has 1 aliphatic rings. The summed E-state index contributed by atoms with van der Waals surface area (Å²) < 4.78 is 0. The van der Waals surface area contributed by atoms with Gasteiger partial charge in [-0.05, 0) is 98.5 Å². The Bertz CT molecular complexity index is 887. The van der Waals surface area contributed by atoms with Crippen LogP contribution in [0.5, 0.6) is 0 Å². The summed E-state index contributed by atoms with van der Waals surface area (Å²) in [6, 6.07) is 0. The monoisotopic (exact) mass is 472 g/mol. The normalized spacial score (nSPS) is 17.4. The molecule has 0 saturated carbocycles. The highest BCUT2D eigenvalue weighted by Crippen LogP contribution is 2.30. The molecule has 0 fully saturated rings. The second kappa shape index (κ2) is 14.3. The van der Waals surface area contributed by atoms with Crippen molar-refractivity contribution in [1.29, 1.82) is 0 Å². The van der Waals surface area contributed by atoms with E-state index in [0.29, 0.717) is 47.1 Å². The fourth-order valence-corrected chi connectivity index (χ4v) is 4.04. The van der Waals surface area contributed by atoms with Crippen molar-refractivity contribution in [3.63, 3.8) is 0 Å². The van der Waals surface area contributed by atoms with Gasteiger partial charge in [-0.1, -0.05) is 29.4 Å². The van der Waals surface area contributed by atoms with Crippen LogP contribution in [0.2, 0.25) is 0 Å². The summed E-state index contributed by atoms with van der Waals surface area (Å²) in [5, 5.41) is 28.9. The van der Waals surface area contributed by atoms with Gasteiger partial charge in [0.1, 0.15) is 0 Å². The molecule has 1 atom stereocenters. The Balaban J connectivity index is 2.47. The van der Waals surface area contributed by atoms with Gasteiger partial charge in [-0.15, -0.1) is 0 Å². The van der Waals surface area contributed by atoms with Gasteiger partial charge in [0.05, 0.1) is 18.8 Å². The number of aliphatic hydroxyl groups is 3. The van der Waals surface area contributed by atoms with E-state index in [4.69, 9.17) is 10.2 Å². The topological polar surface area (TPSA) is 94.8 Å². The Morgan fingerprint density at radius 3 is 1.82 bits per heavy atom. The van der Waals surface area contributed by atoms with Crippen LogP contribution >= 0.6 is 0 Å². The fourth-order valence-electron chi connectivity index (χ4n) is 4.04. The van der Waals surface area contributed by atoms with E-state index < -0.39 is 5.60 Å². The Hall–Kier alpha value is -2.08. The fraction of sp³-hybridized carbons (Fsp3) is 0.586. The first-order valence-corrected chi connectivity index (χ1v) is 12.3. The molecule has 0 amide bonds. The van der Waals surface area contributed by atoms with Gasteiger partial charge >= 0.3 is 0 Å². The average molecular weight is 473 g/mol. The van der Waals surface area contributed by atoms with Crippen LogP contribution in [0.1, 0.15) is 92.9 Å². The minimum atomic E-state index is -0.899. The van der Waals surface area contributed by atoms with Crippen LogP contribution in [0, 0.1) is 0 Å². The summed E-state index contributed by atoms with van der Waals surface area (Å²) >= 11 is 0. The van der Waals surface area contributed by atoms with E-state index in [2.05, 4.69) is 26.0 Å². The van der Waals surface area contributed by atoms with Crippen molar-refractivity contribution in [2.24, 2.45) is 0 Å². The molecule has 0 spiro atoms. The van der Waals surface area contributed by atoms with Crippen molar-refractivity contribution in [2.75, 3.05) is 13.2 Å². The zero-order valence-corrected chi connectivity index (χ0v) is 22.0. The second-order valence-electron chi connectivity index (χ2n) is 9.90. The summed E-state index contributed by atoms with van der Waals surface area (Å²) in [4.78, 5) is 24.9. The van der Waals surface area contributed by atoms with Crippen LogP contribution in [0.3, 0.4) is 0 Å². The molecule has 0 heterocycles. The number of rotatable bonds is 14. The lowest BCUT2D eigenvalue weighted by atomic mass is 9.82. The van der Waals surface area contributed by atoms with Crippen molar-refractivity contribution < 1.29 is 24.9 Å². The predicted molar refractivity (Wildman–Crippen MR) is 138 cm³/mol. The third-order valence-corrected chi connectivity index (χ3v) is 6.81. The largest absolute Gasteiger partial charge is 0.392 e. The number of aliphatic hydroxyl groups excluding tert-OH is 2. The van der Waals surface area contributed by atoms with Gasteiger partial charge < -0.3 is 15.3 Å². The maximum atomic E-state index is 12.6. The molecule has 34 heavy (non-hydrogen) atoms. The predicted octanol–water partition coefficient (Wildman–Crippen LogP) is 5.47. The smallest absolute Gasteiger partial charge is 0.185 e. The summed E-state index contributed by atoms with van der Waals surface area (Å²) in [7, 11) is 0. The van der Waals surface area contributed by atoms with E-state index in [1.807, 2.05) is 6.08 Å². The molecule has 0 aliphatic heterocycles. The minimum absolute atomic E-state index is 0.0638. The van der Waals surface area contributed by atoms with Crippen LogP contribution in [0.15, 0.2) is 57.2 Å². The number of ketones is 2. The van der Waals surface area contributed by atoms with E-state index in [0.717, 1.165) is 32.1 Å². The lowest BCUT2D eigenvalue weighted by Crippen LogP contribution is -2.26. The molecule has 1 aliphatic carbocycles. The number of allylic oxidation sites excluding steroid dienone is 9. The molecule has 5 nitrogen and oxygen atoms in total. The zero-order valence-electron chi connectivity index (χ0n) is 22.0. The van der Waals surface area contributed by atoms with Crippen molar-refractivity contribution in [3.05, 3.63) is 57.2 Å². The average Bonchev–Trinajstić information content (AvgIpc) is 2.79. The van der Waals surface area contributed by atoms with Crippen LogP contribution in [-0.2, 0) is 9.59 Å². The van der Waals surface area contributed by atoms with E-state index in [-0.39, 0.29) is 24.8 Å². The van der Waals surface area contributed by atoms with Crippen LogP contribution in [0.25, 0.3) is 0 Å². The molecule has 0 aromatic carbocycles. The molecule has 0 bridgehead atoms. The quantitative estimate of drug-likeness (QED) is 0.230. The summed E-state index contributed by atoms with van der Waals surface area (Å²) in [5.41, 5.74) is 4.44. The molecular formula is C29H44O5. The third kappa shape index (κ3) is 9.65. The van der Waals surface area contributed by atoms with Crippen molar-refractivity contribution >= 4 is 11.6 Å². The van der Waals surface area contributed by atoms with E-state index in [9.17, 15) is 14.7 Å². The van der Waals surface area contributed by atoms with Crippen molar-refractivity contribution in [2.45, 2.75) is 98.5 Å². The second-order valence-corrected chi connectivity index (χ2v) is 9.90.